The number of benzene rings is 1. The van der Waals surface area contributed by atoms with Crippen molar-refractivity contribution in [3.63, 3.8) is 0 Å². The molecule has 2 amide bonds. The highest BCUT2D eigenvalue weighted by atomic mass is 16.5. The molecule has 2 atom stereocenters. The molecule has 0 fully saturated rings. The van der Waals surface area contributed by atoms with Crippen molar-refractivity contribution in [2.24, 2.45) is 17.4 Å². The molecule has 0 radical (unpaired) electrons. The van der Waals surface area contributed by atoms with Crippen LogP contribution in [0.5, 0.6) is 5.75 Å². The Hall–Kier alpha value is -2.08. The summed E-state index contributed by atoms with van der Waals surface area (Å²) in [5.41, 5.74) is 11.5. The highest BCUT2D eigenvalue weighted by molar-refractivity contribution is 5.96. The smallest absolute Gasteiger partial charge is 0.241 e. The van der Waals surface area contributed by atoms with Gasteiger partial charge in [-0.25, -0.2) is 0 Å². The number of rotatable bonds is 8. The summed E-state index contributed by atoms with van der Waals surface area (Å²) in [6, 6.07) is 6.43. The molecular formula is C15H23N3O3. The fourth-order valence-electron chi connectivity index (χ4n) is 1.69. The summed E-state index contributed by atoms with van der Waals surface area (Å²) in [6.07, 6.45) is 0.944. The Morgan fingerprint density at radius 3 is 2.62 bits per heavy atom. The lowest BCUT2D eigenvalue weighted by Crippen LogP contribution is -2.40. The number of carbonyl (C=O) groups is 2. The number of hydrogen-bond donors (Lipinski definition) is 3. The van der Waals surface area contributed by atoms with Gasteiger partial charge in [-0.2, -0.15) is 0 Å². The maximum Gasteiger partial charge on any atom is 0.241 e. The van der Waals surface area contributed by atoms with Crippen molar-refractivity contribution in [3.8, 4) is 5.75 Å². The van der Waals surface area contributed by atoms with E-state index >= 15 is 0 Å². The minimum atomic E-state index is -0.575. The van der Waals surface area contributed by atoms with Crippen molar-refractivity contribution in [1.82, 2.24) is 0 Å². The standard InChI is InChI=1S/C15H23N3O3/c1-3-10(2)14(17)15(20)18-11-6-4-5-7-12(11)21-9-8-13(16)19/h4-7,10,14H,3,8-9,17H2,1-2H3,(H2,16,19)(H,18,20)/t10?,14-/m0/s1. The molecule has 5 N–H and O–H groups in total. The van der Waals surface area contributed by atoms with E-state index in [1.807, 2.05) is 13.8 Å². The summed E-state index contributed by atoms with van der Waals surface area (Å²) in [5.74, 6) is -0.109. The van der Waals surface area contributed by atoms with Crippen molar-refractivity contribution in [3.05, 3.63) is 24.3 Å². The Morgan fingerprint density at radius 1 is 1.33 bits per heavy atom. The quantitative estimate of drug-likeness (QED) is 0.670. The molecule has 1 aromatic rings. The van der Waals surface area contributed by atoms with Gasteiger partial charge in [-0.15, -0.1) is 0 Å². The van der Waals surface area contributed by atoms with Gasteiger partial charge in [0.05, 0.1) is 24.8 Å². The van der Waals surface area contributed by atoms with Crippen molar-refractivity contribution in [1.29, 1.82) is 0 Å². The Morgan fingerprint density at radius 2 is 2.00 bits per heavy atom. The van der Waals surface area contributed by atoms with Crippen LogP contribution in [0.3, 0.4) is 0 Å². The zero-order valence-electron chi connectivity index (χ0n) is 12.5. The molecule has 1 unspecified atom stereocenters. The maximum atomic E-state index is 12.1. The van der Waals surface area contributed by atoms with Gasteiger partial charge in [-0.05, 0) is 18.1 Å². The predicted molar refractivity (Wildman–Crippen MR) is 81.8 cm³/mol. The molecule has 1 rings (SSSR count). The molecule has 6 heteroatoms. The maximum absolute atomic E-state index is 12.1. The average Bonchev–Trinajstić information content (AvgIpc) is 2.47. The van der Waals surface area contributed by atoms with E-state index in [4.69, 9.17) is 16.2 Å². The summed E-state index contributed by atoms with van der Waals surface area (Å²) in [6.45, 7) is 4.08. The van der Waals surface area contributed by atoms with Crippen molar-refractivity contribution in [2.45, 2.75) is 32.7 Å². The molecule has 1 aromatic carbocycles. The third kappa shape index (κ3) is 5.43. The van der Waals surface area contributed by atoms with Gasteiger partial charge in [0.1, 0.15) is 5.75 Å². The van der Waals surface area contributed by atoms with Gasteiger partial charge < -0.3 is 21.5 Å². The fraction of sp³-hybridized carbons (Fsp3) is 0.467. The van der Waals surface area contributed by atoms with E-state index in [2.05, 4.69) is 5.32 Å². The van der Waals surface area contributed by atoms with Crippen LogP contribution in [0.4, 0.5) is 5.69 Å². The van der Waals surface area contributed by atoms with Crippen LogP contribution in [-0.2, 0) is 9.59 Å². The van der Waals surface area contributed by atoms with Gasteiger partial charge in [0.2, 0.25) is 11.8 Å². The number of hydrogen-bond acceptors (Lipinski definition) is 4. The van der Waals surface area contributed by atoms with Crippen molar-refractivity contribution in [2.75, 3.05) is 11.9 Å². The number of anilines is 1. The Kier molecular flexibility index (Phi) is 6.68. The monoisotopic (exact) mass is 293 g/mol. The van der Waals surface area contributed by atoms with E-state index in [0.717, 1.165) is 6.42 Å². The van der Waals surface area contributed by atoms with E-state index < -0.39 is 11.9 Å². The van der Waals surface area contributed by atoms with Crippen LogP contribution < -0.4 is 21.5 Å². The molecule has 0 aliphatic heterocycles. The van der Waals surface area contributed by atoms with Gasteiger partial charge in [0, 0.05) is 0 Å². The van der Waals surface area contributed by atoms with Gasteiger partial charge in [-0.3, -0.25) is 9.59 Å². The van der Waals surface area contributed by atoms with Crippen molar-refractivity contribution < 1.29 is 14.3 Å². The number of ether oxygens (including phenoxy) is 1. The summed E-state index contributed by atoms with van der Waals surface area (Å²) in [7, 11) is 0. The van der Waals surface area contributed by atoms with E-state index in [0.29, 0.717) is 11.4 Å². The molecule has 0 aliphatic rings. The van der Waals surface area contributed by atoms with E-state index in [1.54, 1.807) is 24.3 Å². The first kappa shape index (κ1) is 17.0. The molecular weight excluding hydrogens is 270 g/mol. The highest BCUT2D eigenvalue weighted by Gasteiger charge is 2.20. The van der Waals surface area contributed by atoms with Gasteiger partial charge in [0.15, 0.2) is 0 Å². The fourth-order valence-corrected chi connectivity index (χ4v) is 1.69. The molecule has 21 heavy (non-hydrogen) atoms. The summed E-state index contributed by atoms with van der Waals surface area (Å²) in [4.78, 5) is 22.8. The predicted octanol–water partition coefficient (Wildman–Crippen LogP) is 1.25. The Balaban J connectivity index is 2.70. The second-order valence-corrected chi connectivity index (χ2v) is 4.96. The van der Waals surface area contributed by atoms with Crippen LogP contribution in [0.1, 0.15) is 26.7 Å². The number of amides is 2. The van der Waals surface area contributed by atoms with Crippen LogP contribution in [0.25, 0.3) is 0 Å². The largest absolute Gasteiger partial charge is 0.491 e. The molecule has 0 saturated heterocycles. The second-order valence-electron chi connectivity index (χ2n) is 4.96. The van der Waals surface area contributed by atoms with Crippen LogP contribution in [0.15, 0.2) is 24.3 Å². The Labute approximate surface area is 124 Å². The first-order valence-electron chi connectivity index (χ1n) is 7.02. The third-order valence-corrected chi connectivity index (χ3v) is 3.31. The average molecular weight is 293 g/mol. The number of carbonyl (C=O) groups excluding carboxylic acids is 2. The van der Waals surface area contributed by atoms with Gasteiger partial charge >= 0.3 is 0 Å². The van der Waals surface area contributed by atoms with Crippen LogP contribution in [-0.4, -0.2) is 24.5 Å². The van der Waals surface area contributed by atoms with E-state index in [-0.39, 0.29) is 24.9 Å². The lowest BCUT2D eigenvalue weighted by atomic mass is 9.99. The molecule has 116 valence electrons. The molecule has 0 aromatic heterocycles. The zero-order valence-corrected chi connectivity index (χ0v) is 12.5. The lowest BCUT2D eigenvalue weighted by molar-refractivity contribution is -0.119. The number of nitrogens with one attached hydrogen (secondary N) is 1. The highest BCUT2D eigenvalue weighted by Crippen LogP contribution is 2.24. The summed E-state index contributed by atoms with van der Waals surface area (Å²) >= 11 is 0. The molecule has 6 nitrogen and oxygen atoms in total. The summed E-state index contributed by atoms with van der Waals surface area (Å²) < 4.78 is 5.46. The molecule has 0 spiro atoms. The van der Waals surface area contributed by atoms with Gasteiger partial charge in [-0.1, -0.05) is 32.4 Å². The number of nitrogens with two attached hydrogens (primary N) is 2. The molecule has 0 saturated carbocycles. The summed E-state index contributed by atoms with van der Waals surface area (Å²) in [5, 5.41) is 2.76. The molecule has 0 aliphatic carbocycles. The van der Waals surface area contributed by atoms with E-state index in [1.165, 1.54) is 0 Å². The normalized spacial score (nSPS) is 13.3. The van der Waals surface area contributed by atoms with Crippen molar-refractivity contribution >= 4 is 17.5 Å². The zero-order chi connectivity index (χ0) is 15.8. The molecule has 0 bridgehead atoms. The van der Waals surface area contributed by atoms with Crippen LogP contribution >= 0.6 is 0 Å². The molecule has 0 heterocycles. The topological polar surface area (TPSA) is 107 Å². The Bertz CT molecular complexity index is 491. The first-order valence-corrected chi connectivity index (χ1v) is 7.02. The lowest BCUT2D eigenvalue weighted by Gasteiger charge is -2.19. The minimum Gasteiger partial charge on any atom is -0.491 e. The van der Waals surface area contributed by atoms with Crippen LogP contribution in [0, 0.1) is 5.92 Å². The second kappa shape index (κ2) is 8.26. The number of para-hydroxylation sites is 2. The van der Waals surface area contributed by atoms with Crippen LogP contribution in [0.2, 0.25) is 0 Å². The number of primary amides is 1. The van der Waals surface area contributed by atoms with Gasteiger partial charge in [0.25, 0.3) is 0 Å². The SMILES string of the molecule is CCC(C)[C@H](N)C(=O)Nc1ccccc1OCCC(N)=O. The first-order chi connectivity index (χ1) is 9.95. The third-order valence-electron chi connectivity index (χ3n) is 3.31. The van der Waals surface area contributed by atoms with E-state index in [9.17, 15) is 9.59 Å². The minimum absolute atomic E-state index is 0.0907.